The number of carbonyl (C=O) groups is 1. The fraction of sp³-hybridized carbons (Fsp3) is 0.636. The van der Waals surface area contributed by atoms with Gasteiger partial charge in [-0.25, -0.2) is 4.98 Å². The highest BCUT2D eigenvalue weighted by molar-refractivity contribution is 7.07. The van der Waals surface area contributed by atoms with Gasteiger partial charge in [0.15, 0.2) is 0 Å². The van der Waals surface area contributed by atoms with Gasteiger partial charge in [0.05, 0.1) is 5.51 Å². The summed E-state index contributed by atoms with van der Waals surface area (Å²) in [4.78, 5) is 17.9. The lowest BCUT2D eigenvalue weighted by Gasteiger charge is -2.30. The predicted molar refractivity (Wildman–Crippen MR) is 61.1 cm³/mol. The van der Waals surface area contributed by atoms with E-state index < -0.39 is 0 Å². The van der Waals surface area contributed by atoms with Gasteiger partial charge >= 0.3 is 0 Å². The molecule has 0 atom stereocenters. The van der Waals surface area contributed by atoms with E-state index in [1.165, 1.54) is 30.6 Å². The molecule has 0 N–H and O–H groups in total. The maximum atomic E-state index is 12.0. The third-order valence-electron chi connectivity index (χ3n) is 3.09. The van der Waals surface area contributed by atoms with Crippen LogP contribution in [0.5, 0.6) is 0 Å². The Morgan fingerprint density at radius 3 is 2.80 bits per heavy atom. The monoisotopic (exact) mass is 224 g/mol. The molecule has 0 spiro atoms. The first-order valence-corrected chi connectivity index (χ1v) is 6.38. The molecule has 0 aromatic carbocycles. The summed E-state index contributed by atoms with van der Waals surface area (Å²) in [5.41, 5.74) is 2.30. The van der Waals surface area contributed by atoms with Crippen LogP contribution in [0.15, 0.2) is 10.9 Å². The Bertz CT molecular complexity index is 317. The molecule has 1 aromatic heterocycles. The minimum Gasteiger partial charge on any atom is -0.337 e. The van der Waals surface area contributed by atoms with Crippen molar-refractivity contribution < 1.29 is 4.79 Å². The third kappa shape index (κ3) is 2.37. The van der Waals surface area contributed by atoms with E-state index in [2.05, 4.69) is 4.98 Å². The third-order valence-corrected chi connectivity index (χ3v) is 3.68. The van der Waals surface area contributed by atoms with E-state index >= 15 is 0 Å². The van der Waals surface area contributed by atoms with Gasteiger partial charge in [-0.3, -0.25) is 4.79 Å². The zero-order chi connectivity index (χ0) is 10.7. The van der Waals surface area contributed by atoms with Crippen LogP contribution in [0.1, 0.15) is 42.6 Å². The van der Waals surface area contributed by atoms with Gasteiger partial charge in [0, 0.05) is 18.5 Å². The molecule has 1 heterocycles. The first-order chi connectivity index (χ1) is 7.29. The normalized spacial score (nSPS) is 17.7. The molecule has 1 amide bonds. The Balaban J connectivity index is 2.00. The van der Waals surface area contributed by atoms with Crippen molar-refractivity contribution in [3.63, 3.8) is 0 Å². The number of nitrogens with zero attached hydrogens (tertiary/aromatic N) is 2. The average molecular weight is 224 g/mol. The second kappa shape index (κ2) is 4.75. The SMILES string of the molecule is CN(C(=O)c1cscn1)C1CCCCC1. The lowest BCUT2D eigenvalue weighted by Crippen LogP contribution is -2.38. The van der Waals surface area contributed by atoms with Gasteiger partial charge in [-0.05, 0) is 12.8 Å². The summed E-state index contributed by atoms with van der Waals surface area (Å²) in [6, 6.07) is 0.424. The minimum absolute atomic E-state index is 0.0724. The van der Waals surface area contributed by atoms with Gasteiger partial charge in [-0.2, -0.15) is 0 Å². The van der Waals surface area contributed by atoms with Gasteiger partial charge in [-0.1, -0.05) is 19.3 Å². The highest BCUT2D eigenvalue weighted by atomic mass is 32.1. The van der Waals surface area contributed by atoms with Crippen LogP contribution < -0.4 is 0 Å². The summed E-state index contributed by atoms with van der Waals surface area (Å²) in [7, 11) is 1.90. The van der Waals surface area contributed by atoms with Crippen molar-refractivity contribution in [2.75, 3.05) is 7.05 Å². The van der Waals surface area contributed by atoms with E-state index in [-0.39, 0.29) is 5.91 Å². The van der Waals surface area contributed by atoms with Crippen molar-refractivity contribution in [1.82, 2.24) is 9.88 Å². The molecule has 4 heteroatoms. The number of carbonyl (C=O) groups excluding carboxylic acids is 1. The number of aromatic nitrogens is 1. The van der Waals surface area contributed by atoms with Crippen molar-refractivity contribution in [3.8, 4) is 0 Å². The Morgan fingerprint density at radius 2 is 2.20 bits per heavy atom. The summed E-state index contributed by atoms with van der Waals surface area (Å²) in [5, 5.41) is 1.82. The lowest BCUT2D eigenvalue weighted by atomic mass is 9.94. The molecular formula is C11H16N2OS. The smallest absolute Gasteiger partial charge is 0.273 e. The van der Waals surface area contributed by atoms with Gasteiger partial charge in [-0.15, -0.1) is 11.3 Å². The Morgan fingerprint density at radius 1 is 1.47 bits per heavy atom. The topological polar surface area (TPSA) is 33.2 Å². The van der Waals surface area contributed by atoms with E-state index in [9.17, 15) is 4.79 Å². The maximum absolute atomic E-state index is 12.0. The Labute approximate surface area is 94.1 Å². The Kier molecular flexibility index (Phi) is 3.36. The van der Waals surface area contributed by atoms with E-state index in [0.29, 0.717) is 11.7 Å². The van der Waals surface area contributed by atoms with Crippen LogP contribution in [0.4, 0.5) is 0 Å². The molecule has 3 nitrogen and oxygen atoms in total. The number of hydrogen-bond donors (Lipinski definition) is 0. The molecule has 2 rings (SSSR count). The number of hydrogen-bond acceptors (Lipinski definition) is 3. The highest BCUT2D eigenvalue weighted by Crippen LogP contribution is 2.22. The van der Waals surface area contributed by atoms with Crippen LogP contribution in [-0.4, -0.2) is 28.9 Å². The second-order valence-corrected chi connectivity index (χ2v) is 4.80. The van der Waals surface area contributed by atoms with Crippen molar-refractivity contribution in [1.29, 1.82) is 0 Å². The summed E-state index contributed by atoms with van der Waals surface area (Å²) in [6.45, 7) is 0. The largest absolute Gasteiger partial charge is 0.337 e. The standard InChI is InChI=1S/C11H16N2OS/c1-13(9-5-3-2-4-6-9)11(14)10-7-15-8-12-10/h7-9H,2-6H2,1H3. The van der Waals surface area contributed by atoms with Crippen molar-refractivity contribution in [2.45, 2.75) is 38.1 Å². The minimum atomic E-state index is 0.0724. The van der Waals surface area contributed by atoms with Crippen molar-refractivity contribution in [2.24, 2.45) is 0 Å². The van der Waals surface area contributed by atoms with Gasteiger partial charge in [0.25, 0.3) is 5.91 Å². The van der Waals surface area contributed by atoms with Crippen LogP contribution in [-0.2, 0) is 0 Å². The molecule has 1 saturated carbocycles. The number of rotatable bonds is 2. The first kappa shape index (κ1) is 10.6. The summed E-state index contributed by atoms with van der Waals surface area (Å²) >= 11 is 1.47. The van der Waals surface area contributed by atoms with Crippen molar-refractivity contribution >= 4 is 17.2 Å². The molecule has 1 fully saturated rings. The highest BCUT2D eigenvalue weighted by Gasteiger charge is 2.23. The Hall–Kier alpha value is -0.900. The summed E-state index contributed by atoms with van der Waals surface area (Å²) < 4.78 is 0. The van der Waals surface area contributed by atoms with E-state index in [0.717, 1.165) is 12.8 Å². The number of amides is 1. The second-order valence-electron chi connectivity index (χ2n) is 4.08. The zero-order valence-corrected chi connectivity index (χ0v) is 9.80. The van der Waals surface area contributed by atoms with E-state index in [1.807, 2.05) is 17.3 Å². The van der Waals surface area contributed by atoms with Crippen LogP contribution in [0.2, 0.25) is 0 Å². The predicted octanol–water partition coefficient (Wildman–Crippen LogP) is 2.55. The quantitative estimate of drug-likeness (QED) is 0.773. The molecule has 1 aromatic rings. The van der Waals surface area contributed by atoms with E-state index in [4.69, 9.17) is 0 Å². The fourth-order valence-electron chi connectivity index (χ4n) is 2.13. The molecule has 0 saturated heterocycles. The average Bonchev–Trinajstić information content (AvgIpc) is 2.82. The van der Waals surface area contributed by atoms with Crippen LogP contribution >= 0.6 is 11.3 Å². The summed E-state index contributed by atoms with van der Waals surface area (Å²) in [5.74, 6) is 0.0724. The van der Waals surface area contributed by atoms with Gasteiger partial charge in [0.2, 0.25) is 0 Å². The zero-order valence-electron chi connectivity index (χ0n) is 8.98. The van der Waals surface area contributed by atoms with Gasteiger partial charge < -0.3 is 4.90 Å². The fourth-order valence-corrected chi connectivity index (χ4v) is 2.66. The molecule has 1 aliphatic rings. The number of thiazole rings is 1. The van der Waals surface area contributed by atoms with Crippen LogP contribution in [0.25, 0.3) is 0 Å². The maximum Gasteiger partial charge on any atom is 0.273 e. The van der Waals surface area contributed by atoms with E-state index in [1.54, 1.807) is 5.51 Å². The molecule has 15 heavy (non-hydrogen) atoms. The molecule has 0 aliphatic heterocycles. The van der Waals surface area contributed by atoms with Gasteiger partial charge in [0.1, 0.15) is 5.69 Å². The molecule has 1 aliphatic carbocycles. The van der Waals surface area contributed by atoms with Crippen LogP contribution in [0, 0.1) is 0 Å². The van der Waals surface area contributed by atoms with Crippen molar-refractivity contribution in [3.05, 3.63) is 16.6 Å². The molecule has 0 radical (unpaired) electrons. The summed E-state index contributed by atoms with van der Waals surface area (Å²) in [6.07, 6.45) is 6.10. The first-order valence-electron chi connectivity index (χ1n) is 5.44. The lowest BCUT2D eigenvalue weighted by molar-refractivity contribution is 0.0691. The molecule has 0 bridgehead atoms. The molecule has 82 valence electrons. The molecule has 0 unspecified atom stereocenters. The molecular weight excluding hydrogens is 208 g/mol. The van der Waals surface area contributed by atoms with Crippen LogP contribution in [0.3, 0.4) is 0 Å².